The summed E-state index contributed by atoms with van der Waals surface area (Å²) in [4.78, 5) is 25.9. The average molecular weight is 390 g/mol. The maximum atomic E-state index is 12.6. The molecule has 1 aromatic carbocycles. The number of benzene rings is 1. The molecule has 3 N–H and O–H groups in total. The highest BCUT2D eigenvalue weighted by molar-refractivity contribution is 5.94. The van der Waals surface area contributed by atoms with Crippen LogP contribution in [-0.2, 0) is 16.0 Å². The maximum Gasteiger partial charge on any atom is 0.224 e. The van der Waals surface area contributed by atoms with Crippen molar-refractivity contribution < 1.29 is 24.5 Å². The highest BCUT2D eigenvalue weighted by Gasteiger charge is 2.28. The van der Waals surface area contributed by atoms with Gasteiger partial charge in [-0.1, -0.05) is 6.07 Å². The van der Waals surface area contributed by atoms with E-state index in [9.17, 15) is 19.8 Å². The van der Waals surface area contributed by atoms with Crippen LogP contribution in [0.4, 0.5) is 5.69 Å². The molecular weight excluding hydrogens is 360 g/mol. The van der Waals surface area contributed by atoms with Crippen molar-refractivity contribution in [1.29, 1.82) is 0 Å². The first-order valence-electron chi connectivity index (χ1n) is 10.2. The molecule has 0 saturated heterocycles. The zero-order valence-electron chi connectivity index (χ0n) is 16.2. The van der Waals surface area contributed by atoms with Gasteiger partial charge in [0.25, 0.3) is 0 Å². The highest BCUT2D eigenvalue weighted by Crippen LogP contribution is 2.31. The summed E-state index contributed by atoms with van der Waals surface area (Å²) in [5.74, 6) is 0.777. The molecule has 154 valence electrons. The van der Waals surface area contributed by atoms with Gasteiger partial charge in [-0.3, -0.25) is 9.59 Å². The number of hydrogen-bond acceptors (Lipinski definition) is 5. The Labute approximate surface area is 165 Å². The Morgan fingerprint density at radius 1 is 1.29 bits per heavy atom. The van der Waals surface area contributed by atoms with Gasteiger partial charge in [0.05, 0.1) is 19.3 Å². The number of hydrogen-bond donors (Lipinski definition) is 3. The zero-order chi connectivity index (χ0) is 19.9. The molecule has 2 unspecified atom stereocenters. The summed E-state index contributed by atoms with van der Waals surface area (Å²) in [5.41, 5.74) is 1.81. The average Bonchev–Trinajstić information content (AvgIpc) is 2.69. The molecule has 1 fully saturated rings. The Balaban J connectivity index is 1.49. The zero-order valence-corrected chi connectivity index (χ0v) is 16.2. The van der Waals surface area contributed by atoms with Gasteiger partial charge >= 0.3 is 0 Å². The van der Waals surface area contributed by atoms with Gasteiger partial charge in [0.1, 0.15) is 5.75 Å². The van der Waals surface area contributed by atoms with Gasteiger partial charge in [-0.25, -0.2) is 0 Å². The number of aliphatic hydroxyl groups excluding tert-OH is 2. The first-order chi connectivity index (χ1) is 13.6. The van der Waals surface area contributed by atoms with Crippen LogP contribution in [-0.4, -0.2) is 58.8 Å². The van der Waals surface area contributed by atoms with Crippen LogP contribution in [0.2, 0.25) is 0 Å². The predicted molar refractivity (Wildman–Crippen MR) is 105 cm³/mol. The molecule has 0 spiro atoms. The number of aliphatic hydroxyl groups is 2. The molecule has 1 heterocycles. The summed E-state index contributed by atoms with van der Waals surface area (Å²) in [6.07, 6.45) is 4.82. The highest BCUT2D eigenvalue weighted by atomic mass is 16.5. The molecule has 1 saturated carbocycles. The number of carbonyl (C=O) groups is 2. The largest absolute Gasteiger partial charge is 0.493 e. The lowest BCUT2D eigenvalue weighted by Crippen LogP contribution is -2.45. The third-order valence-electron chi connectivity index (χ3n) is 5.52. The lowest BCUT2D eigenvalue weighted by molar-refractivity contribution is -0.135. The second-order valence-corrected chi connectivity index (χ2v) is 7.57. The number of amides is 2. The Hall–Kier alpha value is -2.12. The number of nitrogens with zero attached hydrogens (tertiary/aromatic N) is 1. The van der Waals surface area contributed by atoms with Crippen LogP contribution < -0.4 is 10.1 Å². The normalized spacial score (nSPS) is 21.6. The Kier molecular flexibility index (Phi) is 7.28. The van der Waals surface area contributed by atoms with E-state index in [4.69, 9.17) is 4.74 Å². The lowest BCUT2D eigenvalue weighted by atomic mass is 9.91. The van der Waals surface area contributed by atoms with Crippen LogP contribution in [0.1, 0.15) is 50.5 Å². The van der Waals surface area contributed by atoms with E-state index >= 15 is 0 Å². The first kappa shape index (κ1) is 20.6. The quantitative estimate of drug-likeness (QED) is 0.589. The number of ether oxygens (including phenoxy) is 1. The number of fused-ring (bicyclic) bond motifs is 1. The molecule has 3 rings (SSSR count). The fourth-order valence-corrected chi connectivity index (χ4v) is 4.12. The van der Waals surface area contributed by atoms with E-state index < -0.39 is 0 Å². The molecule has 7 heteroatoms. The number of carbonyl (C=O) groups excluding carboxylic acids is 2. The molecule has 7 nitrogen and oxygen atoms in total. The summed E-state index contributed by atoms with van der Waals surface area (Å²) in [7, 11) is 0. The first-order valence-corrected chi connectivity index (χ1v) is 10.2. The number of rotatable bonds is 8. The smallest absolute Gasteiger partial charge is 0.224 e. The van der Waals surface area contributed by atoms with Crippen LogP contribution in [0.25, 0.3) is 0 Å². The fraction of sp³-hybridized carbons (Fsp3) is 0.619. The predicted octanol–water partition coefficient (Wildman–Crippen LogP) is 1.85. The molecule has 28 heavy (non-hydrogen) atoms. The van der Waals surface area contributed by atoms with E-state index in [0.717, 1.165) is 36.3 Å². The van der Waals surface area contributed by atoms with Gasteiger partial charge in [-0.15, -0.1) is 0 Å². The van der Waals surface area contributed by atoms with Crippen molar-refractivity contribution in [3.05, 3.63) is 23.8 Å². The van der Waals surface area contributed by atoms with Crippen molar-refractivity contribution in [2.24, 2.45) is 0 Å². The molecule has 1 aliphatic heterocycles. The van der Waals surface area contributed by atoms with Gasteiger partial charge in [-0.05, 0) is 50.7 Å². The van der Waals surface area contributed by atoms with Crippen molar-refractivity contribution >= 4 is 17.5 Å². The molecule has 1 aliphatic carbocycles. The third-order valence-corrected chi connectivity index (χ3v) is 5.52. The second kappa shape index (κ2) is 9.89. The molecule has 0 bridgehead atoms. The molecule has 2 amide bonds. The number of nitrogens with one attached hydrogen (secondary N) is 1. The SMILES string of the molecule is O=C1CCc2c(cccc2OCCCC(=O)N(CCO)C2CCCC(O)C2)N1. The van der Waals surface area contributed by atoms with Crippen molar-refractivity contribution in [2.75, 3.05) is 25.1 Å². The van der Waals surface area contributed by atoms with E-state index in [1.165, 1.54) is 0 Å². The minimum atomic E-state index is -0.360. The van der Waals surface area contributed by atoms with Crippen LogP contribution in [0.3, 0.4) is 0 Å². The van der Waals surface area contributed by atoms with Crippen molar-refractivity contribution in [2.45, 2.75) is 63.5 Å². The molecule has 2 atom stereocenters. The minimum absolute atomic E-state index is 0.000830. The minimum Gasteiger partial charge on any atom is -0.493 e. The van der Waals surface area contributed by atoms with E-state index in [1.54, 1.807) is 4.90 Å². The Morgan fingerprint density at radius 2 is 2.14 bits per heavy atom. The second-order valence-electron chi connectivity index (χ2n) is 7.57. The van der Waals surface area contributed by atoms with Crippen LogP contribution in [0.15, 0.2) is 18.2 Å². The molecule has 1 aromatic rings. The lowest BCUT2D eigenvalue weighted by Gasteiger charge is -2.36. The standard InChI is InChI=1S/C21H30N2O5/c24-12-11-23(15-4-1-5-16(25)14-15)21(27)8-3-13-28-19-7-2-6-18-17(19)9-10-20(26)22-18/h2,6-7,15-16,24-25H,1,3-5,8-14H2,(H,22,26). The Morgan fingerprint density at radius 3 is 2.93 bits per heavy atom. The molecule has 0 aromatic heterocycles. The molecular formula is C21H30N2O5. The van der Waals surface area contributed by atoms with Crippen molar-refractivity contribution in [3.8, 4) is 5.75 Å². The van der Waals surface area contributed by atoms with Crippen LogP contribution in [0.5, 0.6) is 5.75 Å². The van der Waals surface area contributed by atoms with Gasteiger partial charge in [0.2, 0.25) is 11.8 Å². The van der Waals surface area contributed by atoms with E-state index in [2.05, 4.69) is 5.32 Å². The topological polar surface area (TPSA) is 99.1 Å². The summed E-state index contributed by atoms with van der Waals surface area (Å²) >= 11 is 0. The summed E-state index contributed by atoms with van der Waals surface area (Å²) in [6, 6.07) is 5.62. The van der Waals surface area contributed by atoms with E-state index in [1.807, 2.05) is 18.2 Å². The summed E-state index contributed by atoms with van der Waals surface area (Å²) in [5, 5.41) is 22.1. The van der Waals surface area contributed by atoms with Crippen LogP contribution >= 0.6 is 0 Å². The third kappa shape index (κ3) is 5.23. The Bertz CT molecular complexity index is 693. The van der Waals surface area contributed by atoms with Gasteiger partial charge in [0, 0.05) is 36.7 Å². The van der Waals surface area contributed by atoms with E-state index in [-0.39, 0.29) is 30.6 Å². The monoisotopic (exact) mass is 390 g/mol. The van der Waals surface area contributed by atoms with Gasteiger partial charge in [0.15, 0.2) is 0 Å². The molecule has 2 aliphatic rings. The van der Waals surface area contributed by atoms with Crippen molar-refractivity contribution in [3.63, 3.8) is 0 Å². The van der Waals surface area contributed by atoms with Crippen molar-refractivity contribution in [1.82, 2.24) is 4.90 Å². The van der Waals surface area contributed by atoms with E-state index in [0.29, 0.717) is 45.3 Å². The maximum absolute atomic E-state index is 12.6. The van der Waals surface area contributed by atoms with Crippen LogP contribution in [0, 0.1) is 0 Å². The summed E-state index contributed by atoms with van der Waals surface area (Å²) < 4.78 is 5.88. The number of anilines is 1. The fourth-order valence-electron chi connectivity index (χ4n) is 4.12. The van der Waals surface area contributed by atoms with Gasteiger partial charge in [-0.2, -0.15) is 0 Å². The summed E-state index contributed by atoms with van der Waals surface area (Å²) in [6.45, 7) is 0.649. The molecule has 0 radical (unpaired) electrons. The van der Waals surface area contributed by atoms with Gasteiger partial charge < -0.3 is 25.2 Å².